The lowest BCUT2D eigenvalue weighted by atomic mass is 10.0. The summed E-state index contributed by atoms with van der Waals surface area (Å²) in [5.74, 6) is 0.612. The van der Waals surface area contributed by atoms with Crippen LogP contribution in [-0.2, 0) is 12.8 Å². The van der Waals surface area contributed by atoms with Crippen molar-refractivity contribution in [3.05, 3.63) is 77.0 Å². The highest BCUT2D eigenvalue weighted by atomic mass is 16.3. The Bertz CT molecular complexity index is 966. The number of aryl methyl sites for hydroxylation is 2. The highest BCUT2D eigenvalue weighted by Crippen LogP contribution is 2.22. The second kappa shape index (κ2) is 9.39. The Kier molecular flexibility index (Phi) is 6.67. The normalized spacial score (nSPS) is 15.5. The molecule has 0 saturated heterocycles. The lowest BCUT2D eigenvalue weighted by Crippen LogP contribution is -2.21. The molecule has 1 heterocycles. The van der Waals surface area contributed by atoms with Crippen molar-refractivity contribution in [3.8, 4) is 5.69 Å². The van der Waals surface area contributed by atoms with Crippen molar-refractivity contribution in [2.24, 2.45) is 5.73 Å². The van der Waals surface area contributed by atoms with E-state index in [-0.39, 0.29) is 6.10 Å². The molecule has 0 aliphatic heterocycles. The number of anilines is 1. The first kappa shape index (κ1) is 20.6. The van der Waals surface area contributed by atoms with Crippen LogP contribution in [0.5, 0.6) is 0 Å². The number of primary amides is 1. The molecule has 1 aliphatic rings. The van der Waals surface area contributed by atoms with E-state index in [1.165, 1.54) is 11.1 Å². The third-order valence-corrected chi connectivity index (χ3v) is 5.16. The zero-order valence-electron chi connectivity index (χ0n) is 16.9. The van der Waals surface area contributed by atoms with Gasteiger partial charge in [0, 0.05) is 5.56 Å². The summed E-state index contributed by atoms with van der Waals surface area (Å²) in [6.07, 6.45) is 3.93. The van der Waals surface area contributed by atoms with Crippen molar-refractivity contribution in [1.82, 2.24) is 9.78 Å². The molecule has 152 valence electrons. The molecule has 0 bridgehead atoms. The molecule has 0 saturated carbocycles. The number of aliphatic hydroxyl groups excluding tert-OH is 1. The van der Waals surface area contributed by atoms with E-state index < -0.39 is 6.03 Å². The van der Waals surface area contributed by atoms with Crippen molar-refractivity contribution in [1.29, 1.82) is 0 Å². The number of hydrogen-bond donors (Lipinski definition) is 3. The number of para-hydroxylation sites is 1. The molecular weight excluding hydrogens is 364 g/mol. The van der Waals surface area contributed by atoms with Crippen molar-refractivity contribution < 1.29 is 9.90 Å². The van der Waals surface area contributed by atoms with Crippen LogP contribution in [0.1, 0.15) is 35.2 Å². The standard InChI is InChI=1S/C12H14N4O.C11H14O/c1-8-9(2)15-16(11(8)14-12(13)17)10-6-4-3-5-7-10;12-11-7-3-6-9-4-1-2-5-10(9)8-11/h3-7H,1-2H3,(H3,13,14,17);1-2,4-5,11-12H,3,6-8H2. The third kappa shape index (κ3) is 5.23. The van der Waals surface area contributed by atoms with Gasteiger partial charge in [0.05, 0.1) is 17.5 Å². The van der Waals surface area contributed by atoms with Crippen molar-refractivity contribution in [2.45, 2.75) is 45.6 Å². The summed E-state index contributed by atoms with van der Waals surface area (Å²) in [6.45, 7) is 3.79. The minimum absolute atomic E-state index is 0.117. The van der Waals surface area contributed by atoms with Crippen LogP contribution in [0, 0.1) is 13.8 Å². The van der Waals surface area contributed by atoms with E-state index in [1.807, 2.05) is 44.2 Å². The fourth-order valence-electron chi connectivity index (χ4n) is 3.51. The van der Waals surface area contributed by atoms with Gasteiger partial charge in [-0.2, -0.15) is 5.10 Å². The van der Waals surface area contributed by atoms with E-state index in [0.29, 0.717) is 5.82 Å². The molecule has 1 aromatic heterocycles. The summed E-state index contributed by atoms with van der Waals surface area (Å²) < 4.78 is 1.68. The molecule has 0 spiro atoms. The second-order valence-corrected chi connectivity index (χ2v) is 7.31. The molecule has 3 aromatic rings. The van der Waals surface area contributed by atoms with Gasteiger partial charge in [-0.3, -0.25) is 5.32 Å². The van der Waals surface area contributed by atoms with E-state index in [4.69, 9.17) is 5.73 Å². The minimum atomic E-state index is -0.592. The number of carbonyl (C=O) groups excluding carboxylic acids is 1. The molecule has 4 N–H and O–H groups in total. The highest BCUT2D eigenvalue weighted by Gasteiger charge is 2.14. The zero-order chi connectivity index (χ0) is 20.8. The molecule has 4 rings (SSSR count). The number of urea groups is 1. The predicted octanol–water partition coefficient (Wildman–Crippen LogP) is 3.91. The van der Waals surface area contributed by atoms with E-state index in [9.17, 15) is 9.90 Å². The van der Waals surface area contributed by atoms with Gasteiger partial charge in [0.15, 0.2) is 0 Å². The maximum Gasteiger partial charge on any atom is 0.317 e. The summed E-state index contributed by atoms with van der Waals surface area (Å²) in [5, 5.41) is 16.5. The predicted molar refractivity (Wildman–Crippen MR) is 115 cm³/mol. The Labute approximate surface area is 171 Å². The number of nitrogens with two attached hydrogens (primary N) is 1. The summed E-state index contributed by atoms with van der Waals surface area (Å²) in [5.41, 5.74) is 10.6. The Hall–Kier alpha value is -3.12. The van der Waals surface area contributed by atoms with Gasteiger partial charge in [0.2, 0.25) is 0 Å². The molecule has 0 radical (unpaired) electrons. The van der Waals surface area contributed by atoms with Gasteiger partial charge in [0.25, 0.3) is 0 Å². The number of carbonyl (C=O) groups is 1. The highest BCUT2D eigenvalue weighted by molar-refractivity contribution is 5.88. The third-order valence-electron chi connectivity index (χ3n) is 5.16. The largest absolute Gasteiger partial charge is 0.393 e. The number of amides is 2. The summed E-state index contributed by atoms with van der Waals surface area (Å²) >= 11 is 0. The van der Waals surface area contributed by atoms with E-state index in [1.54, 1.807) is 4.68 Å². The molecule has 0 fully saturated rings. The Morgan fingerprint density at radius 2 is 1.76 bits per heavy atom. The average molecular weight is 393 g/mol. The van der Waals surface area contributed by atoms with Crippen LogP contribution in [0.3, 0.4) is 0 Å². The number of nitrogens with zero attached hydrogens (tertiary/aromatic N) is 2. The number of aromatic nitrogens is 2. The van der Waals surface area contributed by atoms with Gasteiger partial charge in [-0.1, -0.05) is 42.5 Å². The SMILES string of the molecule is Cc1nn(-c2ccccc2)c(NC(N)=O)c1C.OC1CCCc2ccccc2C1. The Morgan fingerprint density at radius 3 is 2.45 bits per heavy atom. The Morgan fingerprint density at radius 1 is 1.10 bits per heavy atom. The van der Waals surface area contributed by atoms with E-state index in [0.717, 1.165) is 42.6 Å². The lowest BCUT2D eigenvalue weighted by molar-refractivity contribution is 0.165. The first-order valence-corrected chi connectivity index (χ1v) is 9.88. The van der Waals surface area contributed by atoms with Gasteiger partial charge in [-0.15, -0.1) is 0 Å². The van der Waals surface area contributed by atoms with E-state index >= 15 is 0 Å². The second-order valence-electron chi connectivity index (χ2n) is 7.31. The van der Waals surface area contributed by atoms with Crippen LogP contribution in [-0.4, -0.2) is 27.0 Å². The lowest BCUT2D eigenvalue weighted by Gasteiger charge is -2.07. The molecule has 2 aromatic carbocycles. The van der Waals surface area contributed by atoms with Gasteiger partial charge in [-0.25, -0.2) is 9.48 Å². The molecule has 6 heteroatoms. The van der Waals surface area contributed by atoms with Crippen LogP contribution in [0.2, 0.25) is 0 Å². The van der Waals surface area contributed by atoms with Gasteiger partial charge < -0.3 is 10.8 Å². The van der Waals surface area contributed by atoms with Crippen LogP contribution >= 0.6 is 0 Å². The van der Waals surface area contributed by atoms with Crippen LogP contribution in [0.25, 0.3) is 5.69 Å². The summed E-state index contributed by atoms with van der Waals surface area (Å²) in [7, 11) is 0. The van der Waals surface area contributed by atoms with Gasteiger partial charge in [0.1, 0.15) is 5.82 Å². The number of nitrogens with one attached hydrogen (secondary N) is 1. The summed E-state index contributed by atoms with van der Waals surface area (Å²) in [6, 6.07) is 17.4. The molecule has 1 aliphatic carbocycles. The number of rotatable bonds is 2. The topological polar surface area (TPSA) is 93.2 Å². The molecule has 6 nitrogen and oxygen atoms in total. The monoisotopic (exact) mass is 392 g/mol. The molecule has 29 heavy (non-hydrogen) atoms. The van der Waals surface area contributed by atoms with Crippen LogP contribution in [0.4, 0.5) is 10.6 Å². The number of hydrogen-bond acceptors (Lipinski definition) is 3. The van der Waals surface area contributed by atoms with E-state index in [2.05, 4.69) is 34.7 Å². The molecule has 1 atom stereocenters. The van der Waals surface area contributed by atoms with Gasteiger partial charge in [-0.05, 0) is 62.8 Å². The fourth-order valence-corrected chi connectivity index (χ4v) is 3.51. The zero-order valence-corrected chi connectivity index (χ0v) is 16.9. The average Bonchev–Trinajstić information content (AvgIpc) is 2.87. The van der Waals surface area contributed by atoms with Gasteiger partial charge >= 0.3 is 6.03 Å². The molecule has 2 amide bonds. The Balaban J connectivity index is 0.000000176. The summed E-state index contributed by atoms with van der Waals surface area (Å²) in [4.78, 5) is 11.0. The molecular formula is C23H28N4O2. The number of fused-ring (bicyclic) bond motifs is 1. The first-order valence-electron chi connectivity index (χ1n) is 9.88. The number of aliphatic hydroxyl groups is 1. The first-order chi connectivity index (χ1) is 14.0. The van der Waals surface area contributed by atoms with Crippen molar-refractivity contribution >= 4 is 11.8 Å². The van der Waals surface area contributed by atoms with Crippen molar-refractivity contribution in [3.63, 3.8) is 0 Å². The van der Waals surface area contributed by atoms with Crippen molar-refractivity contribution in [2.75, 3.05) is 5.32 Å². The van der Waals surface area contributed by atoms with Crippen LogP contribution < -0.4 is 11.1 Å². The number of benzene rings is 2. The fraction of sp³-hybridized carbons (Fsp3) is 0.304. The quantitative estimate of drug-likeness (QED) is 0.577. The molecule has 1 unspecified atom stereocenters. The minimum Gasteiger partial charge on any atom is -0.393 e. The maximum absolute atomic E-state index is 11.0. The smallest absolute Gasteiger partial charge is 0.317 e. The van der Waals surface area contributed by atoms with Crippen LogP contribution in [0.15, 0.2) is 54.6 Å². The maximum atomic E-state index is 11.0.